The third kappa shape index (κ3) is 4.48. The third-order valence-corrected chi connectivity index (χ3v) is 6.50. The fourth-order valence-electron chi connectivity index (χ4n) is 4.68. The predicted molar refractivity (Wildman–Crippen MR) is 120 cm³/mol. The summed E-state index contributed by atoms with van der Waals surface area (Å²) in [5, 5.41) is 12.0. The molecule has 0 saturated carbocycles. The predicted octanol–water partition coefficient (Wildman–Crippen LogP) is 5.35. The molecule has 0 atom stereocenters. The molecule has 1 aliphatic rings. The molecule has 0 aliphatic carbocycles. The van der Waals surface area contributed by atoms with E-state index in [1.165, 1.54) is 5.56 Å². The zero-order chi connectivity index (χ0) is 20.8. The van der Waals surface area contributed by atoms with E-state index in [1.807, 2.05) is 84.9 Å². The van der Waals surface area contributed by atoms with Crippen molar-refractivity contribution in [2.45, 2.75) is 31.5 Å². The van der Waals surface area contributed by atoms with E-state index >= 15 is 0 Å². The van der Waals surface area contributed by atoms with Gasteiger partial charge in [-0.15, -0.1) is 0 Å². The molecule has 3 heteroatoms. The third-order valence-electron chi connectivity index (χ3n) is 6.50. The average Bonchev–Trinajstić information content (AvgIpc) is 2.84. The Morgan fingerprint density at radius 1 is 0.767 bits per heavy atom. The van der Waals surface area contributed by atoms with Crippen LogP contribution in [0.25, 0.3) is 0 Å². The van der Waals surface area contributed by atoms with Crippen molar-refractivity contribution < 1.29 is 9.50 Å². The summed E-state index contributed by atoms with van der Waals surface area (Å²) >= 11 is 0. The highest BCUT2D eigenvalue weighted by Crippen LogP contribution is 2.41. The molecule has 1 saturated heterocycles. The first kappa shape index (κ1) is 20.8. The Morgan fingerprint density at radius 2 is 1.27 bits per heavy atom. The fraction of sp³-hybridized carbons (Fsp3) is 0.333. The van der Waals surface area contributed by atoms with Crippen molar-refractivity contribution in [3.05, 3.63) is 107 Å². The van der Waals surface area contributed by atoms with Crippen molar-refractivity contribution in [1.29, 1.82) is 0 Å². The van der Waals surface area contributed by atoms with Gasteiger partial charge in [-0.1, -0.05) is 84.9 Å². The number of piperidine rings is 1. The summed E-state index contributed by atoms with van der Waals surface area (Å²) in [6.07, 6.45) is 2.89. The lowest BCUT2D eigenvalue weighted by Crippen LogP contribution is -2.44. The average molecular weight is 404 g/mol. The Kier molecular flexibility index (Phi) is 6.61. The van der Waals surface area contributed by atoms with E-state index in [0.29, 0.717) is 0 Å². The van der Waals surface area contributed by atoms with Crippen molar-refractivity contribution in [2.75, 3.05) is 19.6 Å². The molecular weight excluding hydrogens is 373 g/mol. The highest BCUT2D eigenvalue weighted by molar-refractivity contribution is 5.37. The minimum atomic E-state index is -0.962. The topological polar surface area (TPSA) is 23.5 Å². The van der Waals surface area contributed by atoms with Gasteiger partial charge in [-0.05, 0) is 60.5 Å². The lowest BCUT2D eigenvalue weighted by atomic mass is 9.72. The Hall–Kier alpha value is -2.49. The lowest BCUT2D eigenvalue weighted by molar-refractivity contribution is -0.0140. The van der Waals surface area contributed by atoms with Gasteiger partial charge in [0.25, 0.3) is 0 Å². The molecule has 30 heavy (non-hydrogen) atoms. The van der Waals surface area contributed by atoms with Gasteiger partial charge in [0.2, 0.25) is 0 Å². The number of halogens is 1. The molecule has 1 aliphatic heterocycles. The van der Waals surface area contributed by atoms with Crippen LogP contribution in [-0.4, -0.2) is 29.6 Å². The molecule has 4 rings (SSSR count). The summed E-state index contributed by atoms with van der Waals surface area (Å²) in [5.74, 6) is 0.183. The van der Waals surface area contributed by atoms with Gasteiger partial charge in [0.1, 0.15) is 12.3 Å². The van der Waals surface area contributed by atoms with Gasteiger partial charge in [-0.2, -0.15) is 0 Å². The Morgan fingerprint density at radius 3 is 1.77 bits per heavy atom. The van der Waals surface area contributed by atoms with Crippen LogP contribution in [0.2, 0.25) is 0 Å². The van der Waals surface area contributed by atoms with Gasteiger partial charge in [0.15, 0.2) is 0 Å². The monoisotopic (exact) mass is 403 g/mol. The zero-order valence-corrected chi connectivity index (χ0v) is 17.4. The summed E-state index contributed by atoms with van der Waals surface area (Å²) in [7, 11) is 0. The summed E-state index contributed by atoms with van der Waals surface area (Å²) < 4.78 is 12.7. The Bertz CT molecular complexity index is 863. The largest absolute Gasteiger partial charge is 0.380 e. The summed E-state index contributed by atoms with van der Waals surface area (Å²) in [6.45, 7) is 2.56. The normalized spacial score (nSPS) is 15.9. The summed E-state index contributed by atoms with van der Waals surface area (Å²) in [5.41, 5.74) is 2.97. The summed E-state index contributed by atoms with van der Waals surface area (Å²) in [6, 6.07) is 28.0. The first-order valence-corrected chi connectivity index (χ1v) is 10.9. The summed E-state index contributed by atoms with van der Waals surface area (Å²) in [4.78, 5) is 2.48. The van der Waals surface area contributed by atoms with Crippen molar-refractivity contribution >= 4 is 0 Å². The number of alkyl halides is 1. The maximum Gasteiger partial charge on any atom is 0.117 e. The molecule has 1 heterocycles. The van der Waals surface area contributed by atoms with E-state index in [1.54, 1.807) is 0 Å². The molecule has 2 nitrogen and oxygen atoms in total. The van der Waals surface area contributed by atoms with Crippen LogP contribution >= 0.6 is 0 Å². The standard InChI is InChI=1S/C27H30FNO/c28-21-23-13-11-22(12-14-23)15-18-29-19-16-26(17-20-29)27(30,24-7-3-1-4-8-24)25-9-5-2-6-10-25/h1-14,26,30H,15-21H2. The van der Waals surface area contributed by atoms with Crippen LogP contribution in [0, 0.1) is 5.92 Å². The van der Waals surface area contributed by atoms with E-state index in [9.17, 15) is 9.50 Å². The quantitative estimate of drug-likeness (QED) is 0.575. The number of hydrogen-bond donors (Lipinski definition) is 1. The van der Waals surface area contributed by atoms with Crippen molar-refractivity contribution in [3.8, 4) is 0 Å². The second kappa shape index (κ2) is 9.55. The number of benzene rings is 3. The molecule has 0 radical (unpaired) electrons. The van der Waals surface area contributed by atoms with Crippen LogP contribution in [0.5, 0.6) is 0 Å². The molecule has 3 aromatic carbocycles. The number of hydrogen-bond acceptors (Lipinski definition) is 2. The van der Waals surface area contributed by atoms with Gasteiger partial charge in [0, 0.05) is 6.54 Å². The van der Waals surface area contributed by atoms with Crippen LogP contribution in [0.4, 0.5) is 4.39 Å². The fourth-order valence-corrected chi connectivity index (χ4v) is 4.68. The number of nitrogens with zero attached hydrogens (tertiary/aromatic N) is 1. The van der Waals surface area contributed by atoms with Gasteiger partial charge in [-0.3, -0.25) is 0 Å². The number of aliphatic hydroxyl groups is 1. The maximum atomic E-state index is 12.7. The Balaban J connectivity index is 1.43. The Labute approximate surface area is 179 Å². The highest BCUT2D eigenvalue weighted by Gasteiger charge is 2.41. The molecule has 0 spiro atoms. The van der Waals surface area contributed by atoms with E-state index in [-0.39, 0.29) is 5.92 Å². The van der Waals surface area contributed by atoms with Crippen LogP contribution in [0.3, 0.4) is 0 Å². The first-order valence-electron chi connectivity index (χ1n) is 10.9. The minimum Gasteiger partial charge on any atom is -0.380 e. The molecule has 0 unspecified atom stereocenters. The zero-order valence-electron chi connectivity index (χ0n) is 17.4. The molecule has 1 N–H and O–H groups in total. The molecular formula is C27H30FNO. The second-order valence-corrected chi connectivity index (χ2v) is 8.31. The number of likely N-dealkylation sites (tertiary alicyclic amines) is 1. The van der Waals surface area contributed by atoms with Crippen molar-refractivity contribution in [1.82, 2.24) is 4.90 Å². The maximum absolute atomic E-state index is 12.7. The molecule has 1 fully saturated rings. The molecule has 3 aromatic rings. The van der Waals surface area contributed by atoms with Crippen LogP contribution < -0.4 is 0 Å². The molecule has 0 aromatic heterocycles. The second-order valence-electron chi connectivity index (χ2n) is 8.31. The van der Waals surface area contributed by atoms with Crippen molar-refractivity contribution in [3.63, 3.8) is 0 Å². The highest BCUT2D eigenvalue weighted by atomic mass is 19.1. The SMILES string of the molecule is OC(c1ccccc1)(c1ccccc1)C1CCN(CCc2ccc(CF)cc2)CC1. The first-order chi connectivity index (χ1) is 14.7. The van der Waals surface area contributed by atoms with Crippen LogP contribution in [0.15, 0.2) is 84.9 Å². The van der Waals surface area contributed by atoms with E-state index in [0.717, 1.165) is 55.6 Å². The van der Waals surface area contributed by atoms with Gasteiger partial charge in [-0.25, -0.2) is 4.39 Å². The van der Waals surface area contributed by atoms with Gasteiger partial charge < -0.3 is 10.0 Å². The smallest absolute Gasteiger partial charge is 0.117 e. The lowest BCUT2D eigenvalue weighted by Gasteiger charge is -2.42. The van der Waals surface area contributed by atoms with Crippen LogP contribution in [-0.2, 0) is 18.7 Å². The number of rotatable bonds is 7. The van der Waals surface area contributed by atoms with Crippen LogP contribution in [0.1, 0.15) is 35.1 Å². The van der Waals surface area contributed by atoms with E-state index in [4.69, 9.17) is 0 Å². The molecule has 0 bridgehead atoms. The minimum absolute atomic E-state index is 0.183. The molecule has 0 amide bonds. The van der Waals surface area contributed by atoms with Gasteiger partial charge >= 0.3 is 0 Å². The van der Waals surface area contributed by atoms with E-state index in [2.05, 4.69) is 4.90 Å². The van der Waals surface area contributed by atoms with Crippen molar-refractivity contribution in [2.24, 2.45) is 5.92 Å². The van der Waals surface area contributed by atoms with E-state index < -0.39 is 12.3 Å². The molecule has 156 valence electrons. The van der Waals surface area contributed by atoms with Gasteiger partial charge in [0.05, 0.1) is 0 Å².